The summed E-state index contributed by atoms with van der Waals surface area (Å²) in [6.07, 6.45) is 4.31. The van der Waals surface area contributed by atoms with Crippen LogP contribution in [-0.2, 0) is 13.6 Å². The SMILES string of the molecule is CCCC(C)(C)NCc1cnc2c(c1)c(C)nn2C. The second-order valence-corrected chi connectivity index (χ2v) is 5.91. The van der Waals surface area contributed by atoms with Crippen molar-refractivity contribution in [1.29, 1.82) is 0 Å². The van der Waals surface area contributed by atoms with Crippen LogP contribution in [0.15, 0.2) is 12.3 Å². The molecule has 0 fully saturated rings. The van der Waals surface area contributed by atoms with E-state index in [0.717, 1.165) is 23.3 Å². The van der Waals surface area contributed by atoms with Crippen molar-refractivity contribution in [2.75, 3.05) is 0 Å². The molecule has 2 heterocycles. The number of hydrogen-bond donors (Lipinski definition) is 1. The van der Waals surface area contributed by atoms with Crippen LogP contribution in [0.25, 0.3) is 11.0 Å². The van der Waals surface area contributed by atoms with Crippen molar-refractivity contribution < 1.29 is 0 Å². The smallest absolute Gasteiger partial charge is 0.157 e. The Morgan fingerprint density at radius 3 is 2.79 bits per heavy atom. The first kappa shape index (κ1) is 14.0. The predicted octanol–water partition coefficient (Wildman–Crippen LogP) is 2.95. The lowest BCUT2D eigenvalue weighted by atomic mass is 9.98. The van der Waals surface area contributed by atoms with Gasteiger partial charge in [0.2, 0.25) is 0 Å². The van der Waals surface area contributed by atoms with Crippen LogP contribution >= 0.6 is 0 Å². The third-order valence-corrected chi connectivity index (χ3v) is 3.57. The molecule has 2 aromatic heterocycles. The first-order valence-electron chi connectivity index (χ1n) is 6.96. The van der Waals surface area contributed by atoms with Crippen molar-refractivity contribution in [2.24, 2.45) is 7.05 Å². The Labute approximate surface area is 115 Å². The van der Waals surface area contributed by atoms with Crippen LogP contribution in [-0.4, -0.2) is 20.3 Å². The Hall–Kier alpha value is -1.42. The minimum atomic E-state index is 0.174. The molecule has 4 heteroatoms. The van der Waals surface area contributed by atoms with Gasteiger partial charge in [-0.3, -0.25) is 4.68 Å². The molecule has 0 bridgehead atoms. The molecular weight excluding hydrogens is 236 g/mol. The summed E-state index contributed by atoms with van der Waals surface area (Å²) in [7, 11) is 1.94. The summed E-state index contributed by atoms with van der Waals surface area (Å²) in [6.45, 7) is 9.60. The molecule has 0 amide bonds. The number of pyridine rings is 1. The van der Waals surface area contributed by atoms with Gasteiger partial charge in [0.25, 0.3) is 0 Å². The largest absolute Gasteiger partial charge is 0.308 e. The standard InChI is InChI=1S/C15H24N4/c1-6-7-15(3,4)17-10-12-8-13-11(2)18-19(5)14(13)16-9-12/h8-9,17H,6-7,10H2,1-5H3. The van der Waals surface area contributed by atoms with Crippen molar-refractivity contribution >= 4 is 11.0 Å². The monoisotopic (exact) mass is 260 g/mol. The first-order valence-corrected chi connectivity index (χ1v) is 6.96. The van der Waals surface area contributed by atoms with Crippen LogP contribution in [0.5, 0.6) is 0 Å². The van der Waals surface area contributed by atoms with Gasteiger partial charge in [-0.1, -0.05) is 13.3 Å². The van der Waals surface area contributed by atoms with E-state index in [2.05, 4.69) is 42.2 Å². The van der Waals surface area contributed by atoms with E-state index in [4.69, 9.17) is 0 Å². The Morgan fingerprint density at radius 1 is 1.37 bits per heavy atom. The molecule has 0 aliphatic rings. The van der Waals surface area contributed by atoms with Gasteiger partial charge in [0.1, 0.15) is 0 Å². The van der Waals surface area contributed by atoms with Gasteiger partial charge in [-0.2, -0.15) is 5.10 Å². The van der Waals surface area contributed by atoms with E-state index in [1.807, 2.05) is 24.9 Å². The maximum absolute atomic E-state index is 4.51. The van der Waals surface area contributed by atoms with Gasteiger partial charge in [0, 0.05) is 30.7 Å². The van der Waals surface area contributed by atoms with Crippen LogP contribution in [0.3, 0.4) is 0 Å². The number of hydrogen-bond acceptors (Lipinski definition) is 3. The van der Waals surface area contributed by atoms with Gasteiger partial charge in [-0.15, -0.1) is 0 Å². The fraction of sp³-hybridized carbons (Fsp3) is 0.600. The molecular formula is C15H24N4. The molecule has 0 unspecified atom stereocenters. The maximum atomic E-state index is 4.51. The Morgan fingerprint density at radius 2 is 2.11 bits per heavy atom. The average Bonchev–Trinajstić information content (AvgIpc) is 2.62. The molecule has 0 aliphatic carbocycles. The third-order valence-electron chi connectivity index (χ3n) is 3.57. The first-order chi connectivity index (χ1) is 8.93. The molecule has 1 N–H and O–H groups in total. The van der Waals surface area contributed by atoms with Gasteiger partial charge in [0.05, 0.1) is 5.69 Å². The topological polar surface area (TPSA) is 42.7 Å². The molecule has 0 spiro atoms. The summed E-state index contributed by atoms with van der Waals surface area (Å²) in [5, 5.41) is 9.15. The Bertz CT molecular complexity index is 569. The van der Waals surface area contributed by atoms with Crippen molar-refractivity contribution in [1.82, 2.24) is 20.1 Å². The number of fused-ring (bicyclic) bond motifs is 1. The summed E-state index contributed by atoms with van der Waals surface area (Å²) < 4.78 is 1.84. The molecule has 0 saturated carbocycles. The highest BCUT2D eigenvalue weighted by Gasteiger charge is 2.15. The summed E-state index contributed by atoms with van der Waals surface area (Å²) in [5.74, 6) is 0. The molecule has 104 valence electrons. The molecule has 0 atom stereocenters. The van der Waals surface area contributed by atoms with Crippen LogP contribution in [0.2, 0.25) is 0 Å². The molecule has 2 rings (SSSR count). The quantitative estimate of drug-likeness (QED) is 0.898. The van der Waals surface area contributed by atoms with E-state index in [9.17, 15) is 0 Å². The van der Waals surface area contributed by atoms with Crippen LogP contribution in [0, 0.1) is 6.92 Å². The summed E-state index contributed by atoms with van der Waals surface area (Å²) in [6, 6.07) is 2.19. The Balaban J connectivity index is 2.16. The molecule has 4 nitrogen and oxygen atoms in total. The van der Waals surface area contributed by atoms with Gasteiger partial charge in [-0.25, -0.2) is 4.98 Å². The zero-order chi connectivity index (χ0) is 14.0. The zero-order valence-electron chi connectivity index (χ0n) is 12.6. The molecule has 19 heavy (non-hydrogen) atoms. The van der Waals surface area contributed by atoms with Gasteiger partial charge >= 0.3 is 0 Å². The maximum Gasteiger partial charge on any atom is 0.157 e. The third kappa shape index (κ3) is 3.13. The van der Waals surface area contributed by atoms with Crippen LogP contribution in [0.1, 0.15) is 44.9 Å². The number of nitrogens with zero attached hydrogens (tertiary/aromatic N) is 3. The summed E-state index contributed by atoms with van der Waals surface area (Å²) in [5.41, 5.74) is 3.38. The molecule has 0 aromatic carbocycles. The van der Waals surface area contributed by atoms with E-state index in [0.29, 0.717) is 0 Å². The highest BCUT2D eigenvalue weighted by Crippen LogP contribution is 2.17. The summed E-state index contributed by atoms with van der Waals surface area (Å²) in [4.78, 5) is 4.51. The zero-order valence-corrected chi connectivity index (χ0v) is 12.6. The highest BCUT2D eigenvalue weighted by atomic mass is 15.3. The van der Waals surface area contributed by atoms with Crippen molar-refractivity contribution in [2.45, 2.75) is 52.6 Å². The minimum Gasteiger partial charge on any atom is -0.308 e. The van der Waals surface area contributed by atoms with Crippen molar-refractivity contribution in [3.8, 4) is 0 Å². The van der Waals surface area contributed by atoms with E-state index < -0.39 is 0 Å². The second-order valence-electron chi connectivity index (χ2n) is 5.91. The number of aryl methyl sites for hydroxylation is 2. The van der Waals surface area contributed by atoms with Crippen LogP contribution < -0.4 is 5.32 Å². The van der Waals surface area contributed by atoms with E-state index in [1.54, 1.807) is 0 Å². The van der Waals surface area contributed by atoms with Crippen molar-refractivity contribution in [3.05, 3.63) is 23.5 Å². The molecule has 0 radical (unpaired) electrons. The highest BCUT2D eigenvalue weighted by molar-refractivity contribution is 5.78. The number of nitrogens with one attached hydrogen (secondary N) is 1. The molecule has 0 saturated heterocycles. The van der Waals surface area contributed by atoms with Gasteiger partial charge < -0.3 is 5.32 Å². The predicted molar refractivity (Wildman–Crippen MR) is 79.1 cm³/mol. The van der Waals surface area contributed by atoms with Crippen molar-refractivity contribution in [3.63, 3.8) is 0 Å². The fourth-order valence-electron chi connectivity index (χ4n) is 2.50. The van der Waals surface area contributed by atoms with E-state index >= 15 is 0 Å². The number of rotatable bonds is 5. The minimum absolute atomic E-state index is 0.174. The van der Waals surface area contributed by atoms with Crippen LogP contribution in [0.4, 0.5) is 0 Å². The lowest BCUT2D eigenvalue weighted by Crippen LogP contribution is -2.38. The fourth-order valence-corrected chi connectivity index (χ4v) is 2.50. The normalized spacial score (nSPS) is 12.3. The van der Waals surface area contributed by atoms with Gasteiger partial charge in [-0.05, 0) is 38.8 Å². The summed E-state index contributed by atoms with van der Waals surface area (Å²) >= 11 is 0. The Kier molecular flexibility index (Phi) is 3.90. The van der Waals surface area contributed by atoms with E-state index in [1.165, 1.54) is 18.4 Å². The molecule has 0 aliphatic heterocycles. The average molecular weight is 260 g/mol. The second kappa shape index (κ2) is 5.29. The number of aromatic nitrogens is 3. The molecule has 2 aromatic rings. The van der Waals surface area contributed by atoms with Gasteiger partial charge in [0.15, 0.2) is 5.65 Å². The lowest BCUT2D eigenvalue weighted by molar-refractivity contribution is 0.357. The van der Waals surface area contributed by atoms with E-state index in [-0.39, 0.29) is 5.54 Å². The lowest BCUT2D eigenvalue weighted by Gasteiger charge is -2.25.